The number of amides is 1. The predicted octanol–water partition coefficient (Wildman–Crippen LogP) is 0.817. The van der Waals surface area contributed by atoms with Gasteiger partial charge in [-0.1, -0.05) is 0 Å². The van der Waals surface area contributed by atoms with Gasteiger partial charge in [-0.3, -0.25) is 9.48 Å². The highest BCUT2D eigenvalue weighted by molar-refractivity contribution is 7.89. The first kappa shape index (κ1) is 18.9. The van der Waals surface area contributed by atoms with Crippen molar-refractivity contribution in [3.05, 3.63) is 17.0 Å². The minimum atomic E-state index is -3.15. The van der Waals surface area contributed by atoms with Gasteiger partial charge in [-0.15, -0.1) is 0 Å². The lowest BCUT2D eigenvalue weighted by atomic mass is 9.84. The standard InChI is InChI=1S/C18H28N4O4S/c1-3-27(24,25)22-8-6-18(7-9-22)10-15-14(12-26-18)16(20-21(15)2)17(23)19-11-13-4-5-13/h13H,3-12H2,1-2H3,(H,19,23). The van der Waals surface area contributed by atoms with Crippen LogP contribution < -0.4 is 5.32 Å². The molecule has 27 heavy (non-hydrogen) atoms. The maximum atomic E-state index is 12.5. The molecule has 1 spiro atoms. The van der Waals surface area contributed by atoms with E-state index in [1.807, 2.05) is 7.05 Å². The van der Waals surface area contributed by atoms with E-state index < -0.39 is 10.0 Å². The molecule has 0 bridgehead atoms. The van der Waals surface area contributed by atoms with Crippen LogP contribution in [0.1, 0.15) is 54.4 Å². The fourth-order valence-corrected chi connectivity index (χ4v) is 5.16. The van der Waals surface area contributed by atoms with Crippen LogP contribution in [0.15, 0.2) is 0 Å². The van der Waals surface area contributed by atoms with E-state index in [2.05, 4.69) is 10.4 Å². The van der Waals surface area contributed by atoms with Crippen LogP contribution in [0.25, 0.3) is 0 Å². The van der Waals surface area contributed by atoms with Crippen LogP contribution in [0.3, 0.4) is 0 Å². The molecule has 2 fully saturated rings. The lowest BCUT2D eigenvalue weighted by Crippen LogP contribution is -2.51. The molecule has 1 aliphatic carbocycles. The van der Waals surface area contributed by atoms with Gasteiger partial charge in [0.15, 0.2) is 5.69 Å². The first-order valence-corrected chi connectivity index (χ1v) is 11.4. The first-order valence-electron chi connectivity index (χ1n) is 9.78. The number of carbonyl (C=O) groups excluding carboxylic acids is 1. The van der Waals surface area contributed by atoms with Gasteiger partial charge in [0, 0.05) is 44.4 Å². The van der Waals surface area contributed by atoms with Crippen molar-refractivity contribution in [2.75, 3.05) is 25.4 Å². The van der Waals surface area contributed by atoms with Gasteiger partial charge in [-0.25, -0.2) is 12.7 Å². The van der Waals surface area contributed by atoms with E-state index in [0.717, 1.165) is 17.8 Å². The molecular weight excluding hydrogens is 368 g/mol. The molecule has 9 heteroatoms. The van der Waals surface area contributed by atoms with E-state index in [0.29, 0.717) is 50.6 Å². The third-order valence-corrected chi connectivity index (χ3v) is 8.02. The highest BCUT2D eigenvalue weighted by Crippen LogP contribution is 2.37. The summed E-state index contributed by atoms with van der Waals surface area (Å²) in [5, 5.41) is 7.43. The summed E-state index contributed by atoms with van der Waals surface area (Å²) in [6.07, 6.45) is 4.38. The lowest BCUT2D eigenvalue weighted by Gasteiger charge is -2.43. The van der Waals surface area contributed by atoms with Crippen LogP contribution in [-0.4, -0.2) is 59.4 Å². The maximum Gasteiger partial charge on any atom is 0.272 e. The number of fused-ring (bicyclic) bond motifs is 1. The Balaban J connectivity index is 1.47. The van der Waals surface area contributed by atoms with Crippen LogP contribution >= 0.6 is 0 Å². The second kappa shape index (κ2) is 6.86. The normalized spacial score (nSPS) is 22.6. The van der Waals surface area contributed by atoms with Crippen molar-refractivity contribution in [1.29, 1.82) is 0 Å². The molecule has 1 amide bonds. The number of hydrogen-bond donors (Lipinski definition) is 1. The average molecular weight is 397 g/mol. The van der Waals surface area contributed by atoms with Crippen molar-refractivity contribution in [3.8, 4) is 0 Å². The van der Waals surface area contributed by atoms with E-state index in [1.54, 1.807) is 15.9 Å². The van der Waals surface area contributed by atoms with Gasteiger partial charge in [-0.2, -0.15) is 5.10 Å². The van der Waals surface area contributed by atoms with Gasteiger partial charge >= 0.3 is 0 Å². The van der Waals surface area contributed by atoms with Gasteiger partial charge in [0.25, 0.3) is 5.91 Å². The minimum absolute atomic E-state index is 0.123. The number of nitrogens with one attached hydrogen (secondary N) is 1. The Morgan fingerprint density at radius 2 is 2.04 bits per heavy atom. The van der Waals surface area contributed by atoms with Gasteiger partial charge in [0.2, 0.25) is 10.0 Å². The number of aromatic nitrogens is 2. The smallest absolute Gasteiger partial charge is 0.272 e. The summed E-state index contributed by atoms with van der Waals surface area (Å²) in [5.74, 6) is 0.631. The number of sulfonamides is 1. The van der Waals surface area contributed by atoms with Crippen molar-refractivity contribution in [2.24, 2.45) is 13.0 Å². The number of nitrogens with zero attached hydrogens (tertiary/aromatic N) is 3. The Hall–Kier alpha value is -1.45. The summed E-state index contributed by atoms with van der Waals surface area (Å²) in [6, 6.07) is 0. The first-order chi connectivity index (χ1) is 12.8. The molecule has 0 atom stereocenters. The molecule has 0 aromatic carbocycles. The van der Waals surface area contributed by atoms with Crippen LogP contribution in [0.2, 0.25) is 0 Å². The Bertz CT molecular complexity index is 836. The van der Waals surface area contributed by atoms with E-state index in [-0.39, 0.29) is 17.3 Å². The molecule has 2 aliphatic heterocycles. The van der Waals surface area contributed by atoms with Crippen LogP contribution in [0.5, 0.6) is 0 Å². The van der Waals surface area contributed by atoms with E-state index in [1.165, 1.54) is 12.8 Å². The fraction of sp³-hybridized carbons (Fsp3) is 0.778. The number of hydrogen-bond acceptors (Lipinski definition) is 5. The van der Waals surface area contributed by atoms with Crippen molar-refractivity contribution in [1.82, 2.24) is 19.4 Å². The second-order valence-electron chi connectivity index (χ2n) is 8.00. The molecule has 8 nitrogen and oxygen atoms in total. The molecule has 1 saturated heterocycles. The number of ether oxygens (including phenoxy) is 1. The SMILES string of the molecule is CCS(=O)(=O)N1CCC2(CC1)Cc1c(c(C(=O)NCC3CC3)nn1C)CO2. The highest BCUT2D eigenvalue weighted by atomic mass is 32.2. The van der Waals surface area contributed by atoms with E-state index >= 15 is 0 Å². The number of carbonyl (C=O) groups is 1. The Kier molecular flexibility index (Phi) is 4.80. The van der Waals surface area contributed by atoms with Crippen LogP contribution in [0, 0.1) is 5.92 Å². The van der Waals surface area contributed by atoms with Gasteiger partial charge in [0.1, 0.15) is 0 Å². The van der Waals surface area contributed by atoms with Crippen molar-refractivity contribution in [3.63, 3.8) is 0 Å². The molecule has 3 aliphatic rings. The van der Waals surface area contributed by atoms with E-state index in [9.17, 15) is 13.2 Å². The average Bonchev–Trinajstić information content (AvgIpc) is 3.44. The quantitative estimate of drug-likeness (QED) is 0.795. The molecule has 0 radical (unpaired) electrons. The molecule has 150 valence electrons. The molecule has 1 aromatic heterocycles. The maximum absolute atomic E-state index is 12.5. The molecule has 4 rings (SSSR count). The topological polar surface area (TPSA) is 93.5 Å². The summed E-state index contributed by atoms with van der Waals surface area (Å²) < 4.78 is 33.8. The molecular formula is C18H28N4O4S. The summed E-state index contributed by atoms with van der Waals surface area (Å²) in [4.78, 5) is 12.5. The second-order valence-corrected chi connectivity index (χ2v) is 10.3. The lowest BCUT2D eigenvalue weighted by molar-refractivity contribution is -0.0951. The molecule has 1 aromatic rings. The molecule has 3 heterocycles. The minimum Gasteiger partial charge on any atom is -0.370 e. The summed E-state index contributed by atoms with van der Waals surface area (Å²) in [7, 11) is -1.29. The monoisotopic (exact) mass is 396 g/mol. The third-order valence-electron chi connectivity index (χ3n) is 6.14. The Labute approximate surface area is 160 Å². The van der Waals surface area contributed by atoms with E-state index in [4.69, 9.17) is 4.74 Å². The van der Waals surface area contributed by atoms with Crippen molar-refractivity contribution >= 4 is 15.9 Å². The zero-order valence-corrected chi connectivity index (χ0v) is 16.8. The van der Waals surface area contributed by atoms with Crippen LogP contribution in [-0.2, 0) is 34.8 Å². The highest BCUT2D eigenvalue weighted by Gasteiger charge is 2.43. The zero-order chi connectivity index (χ0) is 19.2. The number of rotatable bonds is 5. The summed E-state index contributed by atoms with van der Waals surface area (Å²) in [6.45, 7) is 3.72. The van der Waals surface area contributed by atoms with Gasteiger partial charge in [-0.05, 0) is 38.5 Å². The predicted molar refractivity (Wildman–Crippen MR) is 99.8 cm³/mol. The summed E-state index contributed by atoms with van der Waals surface area (Å²) >= 11 is 0. The Morgan fingerprint density at radius 3 is 2.67 bits per heavy atom. The number of aryl methyl sites for hydroxylation is 1. The molecule has 0 unspecified atom stereocenters. The van der Waals surface area contributed by atoms with Crippen molar-refractivity contribution in [2.45, 2.75) is 51.2 Å². The van der Waals surface area contributed by atoms with Gasteiger partial charge < -0.3 is 10.1 Å². The fourth-order valence-electron chi connectivity index (χ4n) is 4.06. The largest absolute Gasteiger partial charge is 0.370 e. The number of piperidine rings is 1. The molecule has 1 saturated carbocycles. The third kappa shape index (κ3) is 3.64. The van der Waals surface area contributed by atoms with Crippen LogP contribution in [0.4, 0.5) is 0 Å². The Morgan fingerprint density at radius 1 is 1.33 bits per heavy atom. The zero-order valence-electron chi connectivity index (χ0n) is 16.0. The van der Waals surface area contributed by atoms with Crippen molar-refractivity contribution < 1.29 is 17.9 Å². The summed E-state index contributed by atoms with van der Waals surface area (Å²) in [5.41, 5.74) is 2.01. The molecule has 1 N–H and O–H groups in total. The van der Waals surface area contributed by atoms with Gasteiger partial charge in [0.05, 0.1) is 18.0 Å².